The van der Waals surface area contributed by atoms with Gasteiger partial charge in [0.2, 0.25) is 0 Å². The molecule has 3 rings (SSSR count). The molecule has 2 aromatic carbocycles. The third kappa shape index (κ3) is 3.55. The summed E-state index contributed by atoms with van der Waals surface area (Å²) in [4.78, 5) is 12.6. The zero-order valence-corrected chi connectivity index (χ0v) is 15.4. The van der Waals surface area contributed by atoms with Gasteiger partial charge in [0, 0.05) is 29.1 Å². The van der Waals surface area contributed by atoms with Gasteiger partial charge in [0.15, 0.2) is 0 Å². The summed E-state index contributed by atoms with van der Waals surface area (Å²) in [6.45, 7) is 1.12. The van der Waals surface area contributed by atoms with E-state index in [0.29, 0.717) is 18.7 Å². The lowest BCUT2D eigenvalue weighted by atomic mass is 9.64. The van der Waals surface area contributed by atoms with Crippen LogP contribution in [0, 0.1) is 0 Å². The Balaban J connectivity index is 1.73. The molecule has 0 aliphatic heterocycles. The molecule has 1 aliphatic carbocycles. The Labute approximate surface area is 151 Å². The maximum Gasteiger partial charge on any atom is 0.251 e. The summed E-state index contributed by atoms with van der Waals surface area (Å²) >= 11 is 3.55. The molecule has 1 amide bonds. The molecule has 1 saturated carbocycles. The number of amides is 1. The van der Waals surface area contributed by atoms with Gasteiger partial charge in [-0.2, -0.15) is 0 Å². The summed E-state index contributed by atoms with van der Waals surface area (Å²) in [7, 11) is 1.64. The molecule has 24 heavy (non-hydrogen) atoms. The summed E-state index contributed by atoms with van der Waals surface area (Å²) < 4.78 is 6.28. The molecule has 2 aromatic rings. The van der Waals surface area contributed by atoms with E-state index in [2.05, 4.69) is 39.4 Å². The van der Waals surface area contributed by atoms with Crippen LogP contribution in [0.4, 0.5) is 0 Å². The van der Waals surface area contributed by atoms with Gasteiger partial charge in [-0.15, -0.1) is 0 Å². The minimum absolute atomic E-state index is 0.0241. The van der Waals surface area contributed by atoms with Gasteiger partial charge in [-0.05, 0) is 42.2 Å². The molecule has 0 unspecified atom stereocenters. The predicted octanol–water partition coefficient (Wildman–Crippen LogP) is 4.45. The summed E-state index contributed by atoms with van der Waals surface area (Å²) in [6.07, 6.45) is 3.44. The number of methoxy groups -OCH3 is 1. The third-order valence-corrected chi connectivity index (χ3v) is 5.39. The van der Waals surface area contributed by atoms with E-state index in [4.69, 9.17) is 4.74 Å². The average Bonchev–Trinajstić information content (AvgIpc) is 2.54. The minimum atomic E-state index is -0.0241. The van der Waals surface area contributed by atoms with Crippen molar-refractivity contribution >= 4 is 21.8 Å². The van der Waals surface area contributed by atoms with Gasteiger partial charge >= 0.3 is 0 Å². The maximum absolute atomic E-state index is 12.6. The van der Waals surface area contributed by atoms with Crippen molar-refractivity contribution in [3.8, 4) is 0 Å². The number of halogens is 1. The molecular formula is C20H22BrNO2. The van der Waals surface area contributed by atoms with Crippen LogP contribution in [0.2, 0.25) is 0 Å². The Hall–Kier alpha value is -1.65. The average molecular weight is 388 g/mol. The van der Waals surface area contributed by atoms with Crippen LogP contribution in [0.3, 0.4) is 0 Å². The molecule has 0 saturated heterocycles. The maximum atomic E-state index is 12.6. The van der Waals surface area contributed by atoms with Crippen molar-refractivity contribution in [2.24, 2.45) is 0 Å². The highest BCUT2D eigenvalue weighted by Crippen LogP contribution is 2.43. The quantitative estimate of drug-likeness (QED) is 0.794. The van der Waals surface area contributed by atoms with E-state index in [0.717, 1.165) is 22.9 Å². The first-order valence-electron chi connectivity index (χ1n) is 8.26. The molecule has 0 aromatic heterocycles. The van der Waals surface area contributed by atoms with Crippen LogP contribution in [0.1, 0.15) is 40.7 Å². The van der Waals surface area contributed by atoms with Gasteiger partial charge in [0.25, 0.3) is 5.91 Å². The van der Waals surface area contributed by atoms with E-state index in [9.17, 15) is 4.79 Å². The molecule has 126 valence electrons. The van der Waals surface area contributed by atoms with E-state index in [1.165, 1.54) is 12.0 Å². The molecule has 4 heteroatoms. The van der Waals surface area contributed by atoms with Crippen LogP contribution in [-0.4, -0.2) is 19.6 Å². The predicted molar refractivity (Wildman–Crippen MR) is 99.2 cm³/mol. The number of rotatable bonds is 6. The number of benzene rings is 2. The first-order chi connectivity index (χ1) is 11.6. The molecule has 0 spiro atoms. The van der Waals surface area contributed by atoms with Gasteiger partial charge in [-0.25, -0.2) is 0 Å². The van der Waals surface area contributed by atoms with Crippen molar-refractivity contribution < 1.29 is 9.53 Å². The fourth-order valence-corrected chi connectivity index (χ4v) is 3.76. The van der Waals surface area contributed by atoms with E-state index >= 15 is 0 Å². The Morgan fingerprint density at radius 3 is 2.67 bits per heavy atom. The second-order valence-corrected chi connectivity index (χ2v) is 7.33. The van der Waals surface area contributed by atoms with Gasteiger partial charge in [-0.1, -0.05) is 52.7 Å². The third-order valence-electron chi connectivity index (χ3n) is 4.90. The monoisotopic (exact) mass is 387 g/mol. The van der Waals surface area contributed by atoms with E-state index in [1.54, 1.807) is 7.11 Å². The lowest BCUT2D eigenvalue weighted by Crippen LogP contribution is -2.45. The number of carbonyl (C=O) groups is 1. The standard InChI is InChI=1S/C20H22BrNO2/c1-24-13-15-6-2-3-9-18(15)19(23)22-14-20(10-5-11-20)16-7-4-8-17(21)12-16/h2-4,6-9,12H,5,10-11,13-14H2,1H3,(H,22,23). The Morgan fingerprint density at radius 1 is 1.21 bits per heavy atom. The van der Waals surface area contributed by atoms with Gasteiger partial charge in [-0.3, -0.25) is 4.79 Å². The Morgan fingerprint density at radius 2 is 2.00 bits per heavy atom. The molecule has 1 fully saturated rings. The lowest BCUT2D eigenvalue weighted by Gasteiger charge is -2.42. The Kier molecular flexibility index (Phi) is 5.36. The second-order valence-electron chi connectivity index (χ2n) is 6.42. The topological polar surface area (TPSA) is 38.3 Å². The normalized spacial score (nSPS) is 15.6. The smallest absolute Gasteiger partial charge is 0.251 e. The number of hydrogen-bond acceptors (Lipinski definition) is 2. The van der Waals surface area contributed by atoms with Gasteiger partial charge in [0.05, 0.1) is 6.61 Å². The molecule has 3 nitrogen and oxygen atoms in total. The summed E-state index contributed by atoms with van der Waals surface area (Å²) in [5, 5.41) is 3.15. The van der Waals surface area contributed by atoms with Crippen molar-refractivity contribution in [3.63, 3.8) is 0 Å². The molecular weight excluding hydrogens is 366 g/mol. The van der Waals surface area contributed by atoms with Crippen LogP contribution in [0.5, 0.6) is 0 Å². The van der Waals surface area contributed by atoms with E-state index < -0.39 is 0 Å². The van der Waals surface area contributed by atoms with Gasteiger partial charge in [0.1, 0.15) is 0 Å². The second kappa shape index (κ2) is 7.49. The molecule has 1 aliphatic rings. The first kappa shape index (κ1) is 17.2. The highest BCUT2D eigenvalue weighted by molar-refractivity contribution is 9.10. The summed E-state index contributed by atoms with van der Waals surface area (Å²) in [5.41, 5.74) is 2.98. The SMILES string of the molecule is COCc1ccccc1C(=O)NCC1(c2cccc(Br)c2)CCC1. The molecule has 0 bridgehead atoms. The first-order valence-corrected chi connectivity index (χ1v) is 9.05. The highest BCUT2D eigenvalue weighted by Gasteiger charge is 2.39. The molecule has 0 heterocycles. The van der Waals surface area contributed by atoms with E-state index in [1.807, 2.05) is 30.3 Å². The van der Waals surface area contributed by atoms with Crippen LogP contribution in [0.15, 0.2) is 53.0 Å². The Bertz CT molecular complexity index is 725. The van der Waals surface area contributed by atoms with Crippen molar-refractivity contribution in [1.82, 2.24) is 5.32 Å². The van der Waals surface area contributed by atoms with Crippen LogP contribution < -0.4 is 5.32 Å². The fourth-order valence-electron chi connectivity index (χ4n) is 3.36. The van der Waals surface area contributed by atoms with Crippen LogP contribution >= 0.6 is 15.9 Å². The number of hydrogen-bond donors (Lipinski definition) is 1. The van der Waals surface area contributed by atoms with Crippen molar-refractivity contribution in [2.45, 2.75) is 31.3 Å². The van der Waals surface area contributed by atoms with Crippen molar-refractivity contribution in [3.05, 3.63) is 69.7 Å². The fraction of sp³-hybridized carbons (Fsp3) is 0.350. The van der Waals surface area contributed by atoms with Crippen LogP contribution in [-0.2, 0) is 16.8 Å². The lowest BCUT2D eigenvalue weighted by molar-refractivity contribution is 0.0923. The van der Waals surface area contributed by atoms with Crippen LogP contribution in [0.25, 0.3) is 0 Å². The largest absolute Gasteiger partial charge is 0.380 e. The molecule has 0 atom stereocenters. The van der Waals surface area contributed by atoms with E-state index in [-0.39, 0.29) is 11.3 Å². The summed E-state index contributed by atoms with van der Waals surface area (Å²) in [6, 6.07) is 16.0. The number of carbonyl (C=O) groups excluding carboxylic acids is 1. The number of nitrogens with one attached hydrogen (secondary N) is 1. The zero-order chi connectivity index (χ0) is 17.0. The number of ether oxygens (including phenoxy) is 1. The minimum Gasteiger partial charge on any atom is -0.380 e. The highest BCUT2D eigenvalue weighted by atomic mass is 79.9. The molecule has 1 N–H and O–H groups in total. The molecule has 0 radical (unpaired) electrons. The van der Waals surface area contributed by atoms with Crippen molar-refractivity contribution in [1.29, 1.82) is 0 Å². The zero-order valence-electron chi connectivity index (χ0n) is 13.8. The van der Waals surface area contributed by atoms with Gasteiger partial charge < -0.3 is 10.1 Å². The summed E-state index contributed by atoms with van der Waals surface area (Å²) in [5.74, 6) is -0.0241. The van der Waals surface area contributed by atoms with Crippen molar-refractivity contribution in [2.75, 3.05) is 13.7 Å².